The first-order valence-electron chi connectivity index (χ1n) is 5.51. The van der Waals surface area contributed by atoms with Crippen molar-refractivity contribution in [3.05, 3.63) is 45.0 Å². The Morgan fingerprint density at radius 3 is 2.35 bits per heavy atom. The van der Waals surface area contributed by atoms with Crippen LogP contribution >= 0.6 is 34.8 Å². The molecule has 0 atom stereocenters. The Balaban J connectivity index is 2.49. The van der Waals surface area contributed by atoms with Crippen LogP contribution in [-0.4, -0.2) is 16.1 Å². The highest BCUT2D eigenvalue weighted by Crippen LogP contribution is 2.39. The van der Waals surface area contributed by atoms with Gasteiger partial charge in [-0.15, -0.1) is 0 Å². The smallest absolute Gasteiger partial charge is 0.309 e. The molecule has 2 aromatic rings. The van der Waals surface area contributed by atoms with Crippen LogP contribution in [0.2, 0.25) is 15.1 Å². The third-order valence-electron chi connectivity index (χ3n) is 2.64. The first-order valence-corrected chi connectivity index (χ1v) is 6.64. The predicted molar refractivity (Wildman–Crippen MR) is 80.5 cm³/mol. The largest absolute Gasteiger partial charge is 0.481 e. The minimum absolute atomic E-state index is 0.184. The lowest BCUT2D eigenvalue weighted by Gasteiger charge is -2.10. The van der Waals surface area contributed by atoms with Crippen molar-refractivity contribution in [1.82, 2.24) is 4.98 Å². The number of hydrogen-bond donors (Lipinski definition) is 2. The number of pyridine rings is 1. The van der Waals surface area contributed by atoms with Crippen LogP contribution in [0.15, 0.2) is 24.3 Å². The fraction of sp³-hybridized carbons (Fsp3) is 0.0769. The highest BCUT2D eigenvalue weighted by molar-refractivity contribution is 6.49. The third kappa shape index (κ3) is 2.98. The van der Waals surface area contributed by atoms with Gasteiger partial charge in [-0.3, -0.25) is 4.79 Å². The van der Waals surface area contributed by atoms with Crippen LogP contribution in [0.3, 0.4) is 0 Å². The van der Waals surface area contributed by atoms with E-state index in [4.69, 9.17) is 45.6 Å². The van der Waals surface area contributed by atoms with Crippen molar-refractivity contribution in [3.63, 3.8) is 0 Å². The number of carboxylic acid groups (broad SMARTS) is 1. The van der Waals surface area contributed by atoms with Gasteiger partial charge in [-0.25, -0.2) is 4.98 Å². The van der Waals surface area contributed by atoms with Crippen molar-refractivity contribution < 1.29 is 9.90 Å². The van der Waals surface area contributed by atoms with Crippen molar-refractivity contribution in [2.75, 3.05) is 5.73 Å². The fourth-order valence-corrected chi connectivity index (χ4v) is 2.37. The molecule has 0 aliphatic carbocycles. The fourth-order valence-electron chi connectivity index (χ4n) is 1.73. The van der Waals surface area contributed by atoms with Crippen molar-refractivity contribution in [3.8, 4) is 11.1 Å². The molecule has 0 unspecified atom stereocenters. The van der Waals surface area contributed by atoms with E-state index in [0.29, 0.717) is 21.8 Å². The number of aromatic nitrogens is 1. The molecule has 0 bridgehead atoms. The van der Waals surface area contributed by atoms with E-state index in [1.165, 1.54) is 0 Å². The van der Waals surface area contributed by atoms with E-state index in [-0.39, 0.29) is 22.3 Å². The minimum Gasteiger partial charge on any atom is -0.481 e. The topological polar surface area (TPSA) is 76.2 Å². The average molecular weight is 332 g/mol. The summed E-state index contributed by atoms with van der Waals surface area (Å²) in [6, 6.07) is 6.53. The van der Waals surface area contributed by atoms with E-state index in [1.807, 2.05) is 0 Å². The second kappa shape index (κ2) is 5.87. The van der Waals surface area contributed by atoms with Gasteiger partial charge in [-0.05, 0) is 18.2 Å². The third-order valence-corrected chi connectivity index (χ3v) is 3.93. The molecule has 0 saturated carbocycles. The van der Waals surface area contributed by atoms with Gasteiger partial charge in [0.2, 0.25) is 0 Å². The van der Waals surface area contributed by atoms with Crippen LogP contribution in [0.4, 0.5) is 5.82 Å². The van der Waals surface area contributed by atoms with Gasteiger partial charge in [-0.2, -0.15) is 0 Å². The molecule has 1 aromatic carbocycles. The van der Waals surface area contributed by atoms with Gasteiger partial charge in [0.05, 0.1) is 27.2 Å². The minimum atomic E-state index is -0.975. The molecule has 3 N–H and O–H groups in total. The number of rotatable bonds is 3. The molecule has 1 aromatic heterocycles. The Bertz CT molecular complexity index is 690. The lowest BCUT2D eigenvalue weighted by Crippen LogP contribution is -2.05. The van der Waals surface area contributed by atoms with Crippen LogP contribution < -0.4 is 5.73 Å². The van der Waals surface area contributed by atoms with Crippen LogP contribution in [0.1, 0.15) is 5.69 Å². The lowest BCUT2D eigenvalue weighted by atomic mass is 10.1. The summed E-state index contributed by atoms with van der Waals surface area (Å²) in [6.45, 7) is 0. The molecule has 7 heteroatoms. The SMILES string of the molecule is Nc1nc(CC(=O)O)ccc1-c1ccc(Cl)c(Cl)c1Cl. The zero-order chi connectivity index (χ0) is 14.9. The number of nitrogens with two attached hydrogens (primary N) is 1. The van der Waals surface area contributed by atoms with Gasteiger partial charge in [0, 0.05) is 11.1 Å². The molecule has 0 fully saturated rings. The molecule has 0 aliphatic heterocycles. The quantitative estimate of drug-likeness (QED) is 0.836. The van der Waals surface area contributed by atoms with Gasteiger partial charge in [-0.1, -0.05) is 40.9 Å². The Morgan fingerprint density at radius 1 is 1.10 bits per heavy atom. The molecule has 4 nitrogen and oxygen atoms in total. The summed E-state index contributed by atoms with van der Waals surface area (Å²) < 4.78 is 0. The van der Waals surface area contributed by atoms with Crippen LogP contribution in [0.25, 0.3) is 11.1 Å². The Hall–Kier alpha value is -1.49. The zero-order valence-electron chi connectivity index (χ0n) is 10.0. The number of benzene rings is 1. The number of anilines is 1. The maximum absolute atomic E-state index is 10.6. The maximum atomic E-state index is 10.6. The highest BCUT2D eigenvalue weighted by Gasteiger charge is 2.14. The molecule has 104 valence electrons. The zero-order valence-corrected chi connectivity index (χ0v) is 12.3. The highest BCUT2D eigenvalue weighted by atomic mass is 35.5. The second-order valence-corrected chi connectivity index (χ2v) is 5.19. The van der Waals surface area contributed by atoms with E-state index in [0.717, 1.165) is 0 Å². The second-order valence-electron chi connectivity index (χ2n) is 4.03. The van der Waals surface area contributed by atoms with Crippen LogP contribution in [0, 0.1) is 0 Å². The molecular weight excluding hydrogens is 323 g/mol. The molecule has 20 heavy (non-hydrogen) atoms. The van der Waals surface area contributed by atoms with Crippen LogP contribution in [0.5, 0.6) is 0 Å². The summed E-state index contributed by atoms with van der Waals surface area (Å²) in [5.41, 5.74) is 7.38. The number of hydrogen-bond acceptors (Lipinski definition) is 3. The Morgan fingerprint density at radius 2 is 1.75 bits per heavy atom. The molecular formula is C13H9Cl3N2O2. The number of carbonyl (C=O) groups is 1. The maximum Gasteiger partial charge on any atom is 0.309 e. The predicted octanol–water partition coefficient (Wildman–Crippen LogP) is 3.92. The van der Waals surface area contributed by atoms with E-state index < -0.39 is 5.97 Å². The summed E-state index contributed by atoms with van der Waals surface area (Å²) in [5, 5.41) is 9.58. The summed E-state index contributed by atoms with van der Waals surface area (Å²) in [4.78, 5) is 14.7. The van der Waals surface area contributed by atoms with Crippen LogP contribution in [-0.2, 0) is 11.2 Å². The standard InChI is InChI=1S/C13H9Cl3N2O2/c14-9-4-3-7(11(15)12(9)16)8-2-1-6(5-10(19)20)18-13(8)17/h1-4H,5H2,(H2,17,18)(H,19,20). The van der Waals surface area contributed by atoms with E-state index in [1.54, 1.807) is 24.3 Å². The number of halogens is 3. The van der Waals surface area contributed by atoms with E-state index in [9.17, 15) is 4.79 Å². The van der Waals surface area contributed by atoms with Crippen molar-refractivity contribution in [1.29, 1.82) is 0 Å². The number of nitrogen functional groups attached to an aromatic ring is 1. The van der Waals surface area contributed by atoms with Gasteiger partial charge in [0.25, 0.3) is 0 Å². The van der Waals surface area contributed by atoms with Crippen molar-refractivity contribution in [2.24, 2.45) is 0 Å². The summed E-state index contributed by atoms with van der Waals surface area (Å²) in [5.74, 6) is -0.791. The first kappa shape index (κ1) is 14.9. The summed E-state index contributed by atoms with van der Waals surface area (Å²) in [7, 11) is 0. The number of carboxylic acids is 1. The lowest BCUT2D eigenvalue weighted by molar-refractivity contribution is -0.136. The average Bonchev–Trinajstić information content (AvgIpc) is 2.37. The molecule has 1 heterocycles. The molecule has 0 spiro atoms. The summed E-state index contributed by atoms with van der Waals surface area (Å²) >= 11 is 18.0. The normalized spacial score (nSPS) is 10.6. The number of nitrogens with zero attached hydrogens (tertiary/aromatic N) is 1. The van der Waals surface area contributed by atoms with Crippen molar-refractivity contribution in [2.45, 2.75) is 6.42 Å². The Labute approximate surface area is 130 Å². The molecule has 0 amide bonds. The molecule has 2 rings (SSSR count). The van der Waals surface area contributed by atoms with E-state index >= 15 is 0 Å². The molecule has 0 radical (unpaired) electrons. The van der Waals surface area contributed by atoms with Crippen molar-refractivity contribution >= 4 is 46.6 Å². The van der Waals surface area contributed by atoms with E-state index in [2.05, 4.69) is 4.98 Å². The van der Waals surface area contributed by atoms with Gasteiger partial charge < -0.3 is 10.8 Å². The monoisotopic (exact) mass is 330 g/mol. The Kier molecular flexibility index (Phi) is 4.38. The first-order chi connectivity index (χ1) is 9.40. The van der Waals surface area contributed by atoms with Gasteiger partial charge in [0.15, 0.2) is 0 Å². The number of aliphatic carboxylic acids is 1. The molecule has 0 saturated heterocycles. The van der Waals surface area contributed by atoms with Gasteiger partial charge >= 0.3 is 5.97 Å². The summed E-state index contributed by atoms with van der Waals surface area (Å²) in [6.07, 6.45) is -0.195. The molecule has 0 aliphatic rings. The van der Waals surface area contributed by atoms with Gasteiger partial charge in [0.1, 0.15) is 5.82 Å².